The van der Waals surface area contributed by atoms with Gasteiger partial charge in [0.25, 0.3) is 0 Å². The van der Waals surface area contributed by atoms with Crippen LogP contribution >= 0.6 is 34.8 Å². The number of nitrogens with one attached hydrogen (secondary N) is 1. The monoisotopic (exact) mass is 494 g/mol. The summed E-state index contributed by atoms with van der Waals surface area (Å²) in [6, 6.07) is 18.0. The summed E-state index contributed by atoms with van der Waals surface area (Å²) in [7, 11) is -3.58. The molecule has 4 rings (SSSR count). The lowest BCUT2D eigenvalue weighted by Gasteiger charge is -2.27. The topological polar surface area (TPSA) is 49.4 Å². The average molecular weight is 496 g/mol. The second-order valence-electron chi connectivity index (χ2n) is 7.40. The lowest BCUT2D eigenvalue weighted by molar-refractivity contribution is 0.579. The molecular formula is C23H21Cl3N2O2S. The predicted octanol–water partition coefficient (Wildman–Crippen LogP) is 6.25. The van der Waals surface area contributed by atoms with Crippen molar-refractivity contribution in [1.29, 1.82) is 0 Å². The molecule has 8 heteroatoms. The first-order valence-electron chi connectivity index (χ1n) is 9.93. The van der Waals surface area contributed by atoms with Crippen molar-refractivity contribution in [3.63, 3.8) is 0 Å². The molecule has 0 radical (unpaired) electrons. The molecular weight excluding hydrogens is 475 g/mol. The summed E-state index contributed by atoms with van der Waals surface area (Å²) in [5, 5.41) is 1.91. The van der Waals surface area contributed by atoms with Crippen molar-refractivity contribution in [3.8, 4) is 0 Å². The fourth-order valence-electron chi connectivity index (χ4n) is 3.82. The Morgan fingerprint density at radius 3 is 1.84 bits per heavy atom. The number of anilines is 2. The zero-order valence-corrected chi connectivity index (χ0v) is 19.7. The van der Waals surface area contributed by atoms with Gasteiger partial charge in [-0.3, -0.25) is 0 Å². The van der Waals surface area contributed by atoms with Crippen LogP contribution in [-0.4, -0.2) is 21.5 Å². The first-order valence-corrected chi connectivity index (χ1v) is 12.5. The van der Waals surface area contributed by atoms with E-state index in [0.717, 1.165) is 24.2 Å². The van der Waals surface area contributed by atoms with E-state index in [1.165, 1.54) is 23.3 Å². The molecule has 3 aromatic carbocycles. The van der Waals surface area contributed by atoms with Crippen molar-refractivity contribution in [2.75, 3.05) is 18.0 Å². The van der Waals surface area contributed by atoms with Crippen molar-refractivity contribution < 1.29 is 8.42 Å². The van der Waals surface area contributed by atoms with E-state index < -0.39 is 10.0 Å². The highest BCUT2D eigenvalue weighted by atomic mass is 35.5. The fraction of sp³-hybridized carbons (Fsp3) is 0.217. The molecule has 0 bridgehead atoms. The summed E-state index contributed by atoms with van der Waals surface area (Å²) in [5.74, 6) is 0. The van der Waals surface area contributed by atoms with Crippen LogP contribution in [0.25, 0.3) is 0 Å². The summed E-state index contributed by atoms with van der Waals surface area (Å²) in [5.41, 5.74) is 4.51. The maximum Gasteiger partial charge on any atom is 0.240 e. The average Bonchev–Trinajstić information content (AvgIpc) is 2.88. The van der Waals surface area contributed by atoms with Gasteiger partial charge in [0.05, 0.1) is 4.90 Å². The molecule has 31 heavy (non-hydrogen) atoms. The van der Waals surface area contributed by atoms with Crippen LogP contribution in [0.2, 0.25) is 15.1 Å². The molecule has 0 spiro atoms. The van der Waals surface area contributed by atoms with E-state index in [9.17, 15) is 8.42 Å². The number of hydrogen-bond acceptors (Lipinski definition) is 3. The normalized spacial score (nSPS) is 13.5. The number of hydrogen-bond donors (Lipinski definition) is 1. The highest BCUT2D eigenvalue weighted by molar-refractivity contribution is 7.89. The predicted molar refractivity (Wildman–Crippen MR) is 129 cm³/mol. The number of rotatable bonds is 6. The number of sulfonamides is 1. The maximum absolute atomic E-state index is 12.5. The van der Waals surface area contributed by atoms with Crippen LogP contribution < -0.4 is 9.62 Å². The van der Waals surface area contributed by atoms with Crippen LogP contribution in [-0.2, 0) is 22.9 Å². The Balaban J connectivity index is 1.52. The zero-order chi connectivity index (χ0) is 22.0. The van der Waals surface area contributed by atoms with Gasteiger partial charge in [0.2, 0.25) is 10.0 Å². The zero-order valence-electron chi connectivity index (χ0n) is 16.6. The van der Waals surface area contributed by atoms with Crippen LogP contribution in [0.4, 0.5) is 11.4 Å². The largest absolute Gasteiger partial charge is 0.341 e. The lowest BCUT2D eigenvalue weighted by Crippen LogP contribution is -2.28. The van der Waals surface area contributed by atoms with Gasteiger partial charge in [0.15, 0.2) is 0 Å². The molecule has 0 aliphatic carbocycles. The maximum atomic E-state index is 12.5. The summed E-state index contributed by atoms with van der Waals surface area (Å²) < 4.78 is 27.7. The lowest BCUT2D eigenvalue weighted by atomic mass is 10.0. The third kappa shape index (κ3) is 5.18. The van der Waals surface area contributed by atoms with Crippen molar-refractivity contribution >= 4 is 56.2 Å². The van der Waals surface area contributed by atoms with Crippen molar-refractivity contribution in [2.45, 2.75) is 24.2 Å². The van der Waals surface area contributed by atoms with Crippen molar-refractivity contribution in [3.05, 3.63) is 86.9 Å². The SMILES string of the molecule is O=S(=O)(NCCCN1c2ccc(Cl)cc2CCc2cc(Cl)ccc21)c1ccc(Cl)cc1. The van der Waals surface area contributed by atoms with Gasteiger partial charge in [-0.1, -0.05) is 34.8 Å². The molecule has 0 aromatic heterocycles. The highest BCUT2D eigenvalue weighted by Gasteiger charge is 2.21. The Bertz CT molecular complexity index is 1140. The van der Waals surface area contributed by atoms with Crippen molar-refractivity contribution in [1.82, 2.24) is 4.72 Å². The van der Waals surface area contributed by atoms with Gasteiger partial charge in [-0.25, -0.2) is 13.1 Å². The molecule has 0 unspecified atom stereocenters. The third-order valence-electron chi connectivity index (χ3n) is 5.30. The minimum atomic E-state index is -3.58. The van der Waals surface area contributed by atoms with E-state index in [-0.39, 0.29) is 4.90 Å². The standard InChI is InChI=1S/C23H21Cl3N2O2S/c24-18-4-8-21(9-5-18)31(29,30)27-12-1-13-28-22-10-6-19(25)14-16(22)2-3-17-15-20(26)7-11-23(17)28/h4-11,14-15,27H,1-3,12-13H2. The summed E-state index contributed by atoms with van der Waals surface area (Å²) in [6.07, 6.45) is 2.35. The first kappa shape index (κ1) is 22.4. The minimum absolute atomic E-state index is 0.201. The molecule has 162 valence electrons. The number of halogens is 3. The van der Waals surface area contributed by atoms with Crippen LogP contribution in [0.1, 0.15) is 17.5 Å². The summed E-state index contributed by atoms with van der Waals surface area (Å²) in [4.78, 5) is 2.42. The molecule has 1 N–H and O–H groups in total. The van der Waals surface area contributed by atoms with E-state index in [1.807, 2.05) is 36.4 Å². The van der Waals surface area contributed by atoms with E-state index in [0.29, 0.717) is 34.6 Å². The first-order chi connectivity index (χ1) is 14.8. The highest BCUT2D eigenvalue weighted by Crippen LogP contribution is 2.38. The van der Waals surface area contributed by atoms with Gasteiger partial charge >= 0.3 is 0 Å². The Labute approximate surface area is 197 Å². The fourth-order valence-corrected chi connectivity index (χ4v) is 5.41. The van der Waals surface area contributed by atoms with E-state index >= 15 is 0 Å². The molecule has 3 aromatic rings. The molecule has 0 saturated carbocycles. The van der Waals surface area contributed by atoms with E-state index in [1.54, 1.807) is 12.1 Å². The number of benzene rings is 3. The molecule has 0 atom stereocenters. The van der Waals surface area contributed by atoms with Crippen molar-refractivity contribution in [2.24, 2.45) is 0 Å². The van der Waals surface area contributed by atoms with Crippen LogP contribution in [0, 0.1) is 0 Å². The molecule has 0 saturated heterocycles. The quantitative estimate of drug-likeness (QED) is 0.411. The Morgan fingerprint density at radius 1 is 0.774 bits per heavy atom. The Kier molecular flexibility index (Phi) is 6.80. The molecule has 0 fully saturated rings. The van der Waals surface area contributed by atoms with Gasteiger partial charge in [0, 0.05) is 39.5 Å². The van der Waals surface area contributed by atoms with Gasteiger partial charge in [-0.05, 0) is 91.1 Å². The second kappa shape index (κ2) is 9.39. The van der Waals surface area contributed by atoms with Crippen LogP contribution in [0.5, 0.6) is 0 Å². The van der Waals surface area contributed by atoms with Gasteiger partial charge in [-0.2, -0.15) is 0 Å². The van der Waals surface area contributed by atoms with E-state index in [2.05, 4.69) is 9.62 Å². The Hall–Kier alpha value is -1.76. The second-order valence-corrected chi connectivity index (χ2v) is 10.5. The van der Waals surface area contributed by atoms with Crippen LogP contribution in [0.15, 0.2) is 65.6 Å². The molecule has 0 amide bonds. The minimum Gasteiger partial charge on any atom is -0.341 e. The van der Waals surface area contributed by atoms with Crippen LogP contribution in [0.3, 0.4) is 0 Å². The van der Waals surface area contributed by atoms with Gasteiger partial charge in [0.1, 0.15) is 0 Å². The molecule has 4 nitrogen and oxygen atoms in total. The summed E-state index contributed by atoms with van der Waals surface area (Å²) >= 11 is 18.3. The number of fused-ring (bicyclic) bond motifs is 2. The van der Waals surface area contributed by atoms with E-state index in [4.69, 9.17) is 34.8 Å². The smallest absolute Gasteiger partial charge is 0.240 e. The molecule has 1 heterocycles. The molecule has 1 aliphatic heterocycles. The Morgan fingerprint density at radius 2 is 1.29 bits per heavy atom. The third-order valence-corrected chi connectivity index (χ3v) is 7.50. The summed E-state index contributed by atoms with van der Waals surface area (Å²) in [6.45, 7) is 0.958. The van der Waals surface area contributed by atoms with Gasteiger partial charge in [-0.15, -0.1) is 0 Å². The number of nitrogens with zero attached hydrogens (tertiary/aromatic N) is 1. The van der Waals surface area contributed by atoms with Gasteiger partial charge < -0.3 is 4.90 Å². The molecule has 1 aliphatic rings. The number of aryl methyl sites for hydroxylation is 2.